The summed E-state index contributed by atoms with van der Waals surface area (Å²) in [5.74, 6) is 0. The van der Waals surface area contributed by atoms with E-state index in [1.54, 1.807) is 11.3 Å². The zero-order valence-electron chi connectivity index (χ0n) is 10.7. The lowest BCUT2D eigenvalue weighted by molar-refractivity contribution is 0.176. The number of nitrogens with one attached hydrogen (secondary N) is 2. The number of aromatic nitrogens is 1. The molecule has 1 aliphatic rings. The second-order valence-corrected chi connectivity index (χ2v) is 6.01. The second kappa shape index (κ2) is 6.47. The molecule has 0 spiro atoms. The van der Waals surface area contributed by atoms with Crippen molar-refractivity contribution in [2.75, 3.05) is 19.6 Å². The van der Waals surface area contributed by atoms with E-state index in [2.05, 4.69) is 22.5 Å². The van der Waals surface area contributed by atoms with Crippen LogP contribution in [0.15, 0.2) is 11.6 Å². The van der Waals surface area contributed by atoms with Gasteiger partial charge >= 0.3 is 0 Å². The predicted octanol–water partition coefficient (Wildman–Crippen LogP) is 2.40. The van der Waals surface area contributed by atoms with Crippen molar-refractivity contribution < 1.29 is 0 Å². The molecule has 17 heavy (non-hydrogen) atoms. The summed E-state index contributed by atoms with van der Waals surface area (Å²) < 4.78 is 0. The molecule has 0 radical (unpaired) electrons. The molecular weight excluding hydrogens is 230 g/mol. The van der Waals surface area contributed by atoms with Crippen LogP contribution in [0.2, 0.25) is 0 Å². The molecule has 0 saturated carbocycles. The largest absolute Gasteiger partial charge is 0.317 e. The molecule has 96 valence electrons. The van der Waals surface area contributed by atoms with Crippen molar-refractivity contribution >= 4 is 11.3 Å². The van der Waals surface area contributed by atoms with Crippen LogP contribution in [0.1, 0.15) is 37.6 Å². The average Bonchev–Trinajstić information content (AvgIpc) is 2.84. The van der Waals surface area contributed by atoms with Crippen LogP contribution < -0.4 is 10.6 Å². The molecular formula is C13H23N3S. The van der Waals surface area contributed by atoms with Gasteiger partial charge in [-0.05, 0) is 37.8 Å². The zero-order chi connectivity index (χ0) is 12.0. The van der Waals surface area contributed by atoms with Crippen molar-refractivity contribution in [3.8, 4) is 0 Å². The van der Waals surface area contributed by atoms with Gasteiger partial charge in [0.05, 0.1) is 0 Å². The van der Waals surface area contributed by atoms with E-state index in [1.165, 1.54) is 43.8 Å². The highest BCUT2D eigenvalue weighted by Crippen LogP contribution is 2.33. The normalized spacial score (nSPS) is 19.4. The van der Waals surface area contributed by atoms with Crippen molar-refractivity contribution in [1.82, 2.24) is 15.6 Å². The van der Waals surface area contributed by atoms with Gasteiger partial charge in [0.1, 0.15) is 5.01 Å². The van der Waals surface area contributed by atoms with E-state index >= 15 is 0 Å². The second-order valence-electron chi connectivity index (χ2n) is 5.03. The Kier molecular flexibility index (Phi) is 4.95. The predicted molar refractivity (Wildman–Crippen MR) is 73.3 cm³/mol. The Morgan fingerprint density at radius 1 is 1.47 bits per heavy atom. The Balaban J connectivity index is 1.80. The standard InChI is InChI=1S/C13H23N3S/c1-2-3-13(4-6-14-7-5-13)11-15-10-12-16-8-9-17-12/h8-9,14-15H,2-7,10-11H2,1H3. The average molecular weight is 253 g/mol. The summed E-state index contributed by atoms with van der Waals surface area (Å²) in [4.78, 5) is 4.31. The monoisotopic (exact) mass is 253 g/mol. The van der Waals surface area contributed by atoms with Crippen molar-refractivity contribution in [1.29, 1.82) is 0 Å². The van der Waals surface area contributed by atoms with Gasteiger partial charge in [-0.1, -0.05) is 13.3 Å². The highest BCUT2D eigenvalue weighted by Gasteiger charge is 2.30. The first kappa shape index (κ1) is 13.0. The van der Waals surface area contributed by atoms with E-state index in [9.17, 15) is 0 Å². The molecule has 1 aromatic heterocycles. The summed E-state index contributed by atoms with van der Waals surface area (Å²) in [6.07, 6.45) is 7.14. The molecule has 0 amide bonds. The fourth-order valence-corrected chi connectivity index (χ4v) is 3.36. The highest BCUT2D eigenvalue weighted by atomic mass is 32.1. The van der Waals surface area contributed by atoms with Gasteiger partial charge in [-0.3, -0.25) is 0 Å². The molecule has 0 bridgehead atoms. The first-order chi connectivity index (χ1) is 8.35. The summed E-state index contributed by atoms with van der Waals surface area (Å²) in [6.45, 7) is 6.72. The molecule has 1 aromatic rings. The van der Waals surface area contributed by atoms with E-state index in [4.69, 9.17) is 0 Å². The molecule has 1 aliphatic heterocycles. The minimum Gasteiger partial charge on any atom is -0.317 e. The number of thiazole rings is 1. The maximum Gasteiger partial charge on any atom is 0.106 e. The van der Waals surface area contributed by atoms with Crippen molar-refractivity contribution in [3.63, 3.8) is 0 Å². The van der Waals surface area contributed by atoms with Gasteiger partial charge in [-0.2, -0.15) is 0 Å². The van der Waals surface area contributed by atoms with Crippen LogP contribution in [0.25, 0.3) is 0 Å². The molecule has 1 saturated heterocycles. The highest BCUT2D eigenvalue weighted by molar-refractivity contribution is 7.09. The fraction of sp³-hybridized carbons (Fsp3) is 0.769. The van der Waals surface area contributed by atoms with Gasteiger partial charge in [-0.15, -0.1) is 11.3 Å². The number of nitrogens with zero attached hydrogens (tertiary/aromatic N) is 1. The smallest absolute Gasteiger partial charge is 0.106 e. The van der Waals surface area contributed by atoms with Crippen LogP contribution in [0.3, 0.4) is 0 Å². The minimum absolute atomic E-state index is 0.525. The molecule has 0 atom stereocenters. The summed E-state index contributed by atoms with van der Waals surface area (Å²) in [6, 6.07) is 0. The molecule has 1 fully saturated rings. The SMILES string of the molecule is CCCC1(CNCc2nccs2)CCNCC1. The van der Waals surface area contributed by atoms with Crippen LogP contribution in [0.5, 0.6) is 0 Å². The van der Waals surface area contributed by atoms with Crippen molar-refractivity contribution in [2.45, 2.75) is 39.2 Å². The Morgan fingerprint density at radius 2 is 2.29 bits per heavy atom. The third-order valence-electron chi connectivity index (χ3n) is 3.70. The van der Waals surface area contributed by atoms with Gasteiger partial charge in [-0.25, -0.2) is 4.98 Å². The van der Waals surface area contributed by atoms with Crippen molar-refractivity contribution in [2.24, 2.45) is 5.41 Å². The van der Waals surface area contributed by atoms with E-state index in [1.807, 2.05) is 11.6 Å². The summed E-state index contributed by atoms with van der Waals surface area (Å²) in [5, 5.41) is 10.3. The lowest BCUT2D eigenvalue weighted by Gasteiger charge is -2.38. The molecule has 2 heterocycles. The first-order valence-corrected chi connectivity index (χ1v) is 7.52. The minimum atomic E-state index is 0.525. The zero-order valence-corrected chi connectivity index (χ0v) is 11.5. The molecule has 3 nitrogen and oxygen atoms in total. The number of hydrogen-bond donors (Lipinski definition) is 2. The van der Waals surface area contributed by atoms with Crippen LogP contribution in [0.4, 0.5) is 0 Å². The van der Waals surface area contributed by atoms with Gasteiger partial charge in [0.25, 0.3) is 0 Å². The first-order valence-electron chi connectivity index (χ1n) is 6.64. The van der Waals surface area contributed by atoms with E-state index in [0.29, 0.717) is 5.41 Å². The molecule has 4 heteroatoms. The molecule has 2 N–H and O–H groups in total. The third-order valence-corrected chi connectivity index (χ3v) is 4.48. The maximum absolute atomic E-state index is 4.31. The van der Waals surface area contributed by atoms with Gasteiger partial charge in [0.15, 0.2) is 0 Å². The molecule has 2 rings (SSSR count). The molecule has 0 aliphatic carbocycles. The van der Waals surface area contributed by atoms with Crippen molar-refractivity contribution in [3.05, 3.63) is 16.6 Å². The lowest BCUT2D eigenvalue weighted by atomic mass is 9.75. The van der Waals surface area contributed by atoms with Crippen LogP contribution in [0, 0.1) is 5.41 Å². The Labute approximate surface area is 108 Å². The number of hydrogen-bond acceptors (Lipinski definition) is 4. The van der Waals surface area contributed by atoms with Crippen LogP contribution >= 0.6 is 11.3 Å². The lowest BCUT2D eigenvalue weighted by Crippen LogP contribution is -2.43. The Bertz CT molecular complexity index is 299. The molecule has 0 aromatic carbocycles. The fourth-order valence-electron chi connectivity index (χ4n) is 2.78. The summed E-state index contributed by atoms with van der Waals surface area (Å²) in [5.41, 5.74) is 0.525. The maximum atomic E-state index is 4.31. The van der Waals surface area contributed by atoms with E-state index < -0.39 is 0 Å². The summed E-state index contributed by atoms with van der Waals surface area (Å²) in [7, 11) is 0. The van der Waals surface area contributed by atoms with Gasteiger partial charge < -0.3 is 10.6 Å². The topological polar surface area (TPSA) is 37.0 Å². The van der Waals surface area contributed by atoms with E-state index in [0.717, 1.165) is 13.1 Å². The molecule has 0 unspecified atom stereocenters. The van der Waals surface area contributed by atoms with Gasteiger partial charge in [0.2, 0.25) is 0 Å². The third kappa shape index (κ3) is 3.76. The number of piperidine rings is 1. The summed E-state index contributed by atoms with van der Waals surface area (Å²) >= 11 is 1.74. The Morgan fingerprint density at radius 3 is 2.94 bits per heavy atom. The van der Waals surface area contributed by atoms with Crippen LogP contribution in [-0.2, 0) is 6.54 Å². The quantitative estimate of drug-likeness (QED) is 0.817. The van der Waals surface area contributed by atoms with E-state index in [-0.39, 0.29) is 0 Å². The Hall–Kier alpha value is -0.450. The van der Waals surface area contributed by atoms with Gasteiger partial charge in [0, 0.05) is 24.7 Å². The number of rotatable bonds is 6. The van der Waals surface area contributed by atoms with Crippen LogP contribution in [-0.4, -0.2) is 24.6 Å².